The minimum atomic E-state index is -0.246. The summed E-state index contributed by atoms with van der Waals surface area (Å²) in [5.74, 6) is 0.403. The summed E-state index contributed by atoms with van der Waals surface area (Å²) in [5.41, 5.74) is 1.93. The molecule has 5 heteroatoms. The van der Waals surface area contributed by atoms with Gasteiger partial charge in [0.1, 0.15) is 5.82 Å². The normalized spacial score (nSPS) is 10.5. The van der Waals surface area contributed by atoms with Crippen LogP contribution >= 0.6 is 11.8 Å². The average Bonchev–Trinajstić information content (AvgIpc) is 2.56. The van der Waals surface area contributed by atoms with E-state index in [1.165, 1.54) is 12.1 Å². The molecule has 2 aromatic rings. The zero-order valence-corrected chi connectivity index (χ0v) is 14.0. The maximum absolute atomic E-state index is 12.8. The minimum absolute atomic E-state index is 0.0106. The number of carbonyl (C=O) groups is 1. The SMILES string of the molecule is CCNCc1ccccc1NC(=O)CCSc1ccc(F)cc1. The van der Waals surface area contributed by atoms with Crippen molar-refractivity contribution in [3.05, 3.63) is 59.9 Å². The van der Waals surface area contributed by atoms with Crippen LogP contribution in [0.25, 0.3) is 0 Å². The van der Waals surface area contributed by atoms with E-state index in [-0.39, 0.29) is 11.7 Å². The van der Waals surface area contributed by atoms with Gasteiger partial charge in [0, 0.05) is 29.3 Å². The molecule has 0 spiro atoms. The third-order valence-electron chi connectivity index (χ3n) is 3.27. The van der Waals surface area contributed by atoms with Crippen LogP contribution in [0.2, 0.25) is 0 Å². The van der Waals surface area contributed by atoms with Crippen LogP contribution in [-0.4, -0.2) is 18.2 Å². The van der Waals surface area contributed by atoms with Gasteiger partial charge in [-0.15, -0.1) is 11.8 Å². The summed E-state index contributed by atoms with van der Waals surface area (Å²) in [4.78, 5) is 13.0. The van der Waals surface area contributed by atoms with E-state index < -0.39 is 0 Å². The second-order valence-corrected chi connectivity index (χ2v) is 6.21. The number of nitrogens with one attached hydrogen (secondary N) is 2. The summed E-state index contributed by atoms with van der Waals surface area (Å²) in [6, 6.07) is 14.1. The van der Waals surface area contributed by atoms with Gasteiger partial charge in [-0.05, 0) is 42.4 Å². The first-order valence-corrected chi connectivity index (χ1v) is 8.64. The number of rotatable bonds is 8. The predicted molar refractivity (Wildman–Crippen MR) is 94.2 cm³/mol. The molecule has 0 aromatic heterocycles. The molecule has 23 heavy (non-hydrogen) atoms. The van der Waals surface area contributed by atoms with Crippen LogP contribution in [0, 0.1) is 5.82 Å². The van der Waals surface area contributed by atoms with Gasteiger partial charge in [-0.25, -0.2) is 4.39 Å². The van der Waals surface area contributed by atoms with E-state index >= 15 is 0 Å². The molecule has 122 valence electrons. The van der Waals surface area contributed by atoms with Gasteiger partial charge >= 0.3 is 0 Å². The monoisotopic (exact) mass is 332 g/mol. The molecule has 0 unspecified atom stereocenters. The van der Waals surface area contributed by atoms with Crippen molar-refractivity contribution in [2.75, 3.05) is 17.6 Å². The Morgan fingerprint density at radius 2 is 1.87 bits per heavy atom. The van der Waals surface area contributed by atoms with Crippen LogP contribution < -0.4 is 10.6 Å². The average molecular weight is 332 g/mol. The summed E-state index contributed by atoms with van der Waals surface area (Å²) < 4.78 is 12.8. The van der Waals surface area contributed by atoms with Gasteiger partial charge in [-0.3, -0.25) is 4.79 Å². The number of para-hydroxylation sites is 1. The molecule has 3 nitrogen and oxygen atoms in total. The Balaban J connectivity index is 1.81. The molecule has 2 aromatic carbocycles. The van der Waals surface area contributed by atoms with Crippen molar-refractivity contribution >= 4 is 23.4 Å². The van der Waals surface area contributed by atoms with Crippen LogP contribution in [0.4, 0.5) is 10.1 Å². The number of carbonyl (C=O) groups excluding carboxylic acids is 1. The predicted octanol–water partition coefficient (Wildman–Crippen LogP) is 4.06. The van der Waals surface area contributed by atoms with Crippen molar-refractivity contribution in [2.45, 2.75) is 24.8 Å². The number of anilines is 1. The smallest absolute Gasteiger partial charge is 0.225 e. The maximum atomic E-state index is 12.8. The highest BCUT2D eigenvalue weighted by Crippen LogP contribution is 2.20. The molecule has 0 saturated carbocycles. The lowest BCUT2D eigenvalue weighted by molar-refractivity contribution is -0.115. The molecule has 0 radical (unpaired) electrons. The standard InChI is InChI=1S/C18H21FN2OS/c1-2-20-13-14-5-3-4-6-17(14)21-18(22)11-12-23-16-9-7-15(19)8-10-16/h3-10,20H,2,11-13H2,1H3,(H,21,22). The van der Waals surface area contributed by atoms with Crippen LogP contribution in [-0.2, 0) is 11.3 Å². The highest BCUT2D eigenvalue weighted by atomic mass is 32.2. The lowest BCUT2D eigenvalue weighted by atomic mass is 10.1. The van der Waals surface area contributed by atoms with Crippen molar-refractivity contribution in [2.24, 2.45) is 0 Å². The molecule has 0 fully saturated rings. The molecule has 2 rings (SSSR count). The Labute approximate surface area is 140 Å². The molecule has 2 N–H and O–H groups in total. The molecule has 0 bridgehead atoms. The fraction of sp³-hybridized carbons (Fsp3) is 0.278. The van der Waals surface area contributed by atoms with E-state index in [4.69, 9.17) is 0 Å². The van der Waals surface area contributed by atoms with Crippen molar-refractivity contribution < 1.29 is 9.18 Å². The number of benzene rings is 2. The topological polar surface area (TPSA) is 41.1 Å². The van der Waals surface area contributed by atoms with E-state index in [9.17, 15) is 9.18 Å². The van der Waals surface area contributed by atoms with E-state index in [1.807, 2.05) is 31.2 Å². The lowest BCUT2D eigenvalue weighted by Gasteiger charge is -2.11. The van der Waals surface area contributed by atoms with Crippen molar-refractivity contribution in [3.8, 4) is 0 Å². The van der Waals surface area contributed by atoms with Crippen LogP contribution in [0.1, 0.15) is 18.9 Å². The highest BCUT2D eigenvalue weighted by molar-refractivity contribution is 7.99. The maximum Gasteiger partial charge on any atom is 0.225 e. The first-order chi connectivity index (χ1) is 11.2. The zero-order valence-electron chi connectivity index (χ0n) is 13.1. The van der Waals surface area contributed by atoms with Gasteiger partial charge in [0.2, 0.25) is 5.91 Å². The van der Waals surface area contributed by atoms with Crippen molar-refractivity contribution in [3.63, 3.8) is 0 Å². The Hall–Kier alpha value is -1.85. The second-order valence-electron chi connectivity index (χ2n) is 5.04. The Morgan fingerprint density at radius 1 is 1.13 bits per heavy atom. The van der Waals surface area contributed by atoms with Gasteiger partial charge in [-0.2, -0.15) is 0 Å². The highest BCUT2D eigenvalue weighted by Gasteiger charge is 2.06. The first kappa shape index (κ1) is 17.5. The Kier molecular flexibility index (Phi) is 7.10. The Morgan fingerprint density at radius 3 is 2.61 bits per heavy atom. The number of halogens is 1. The Bertz CT molecular complexity index is 631. The van der Waals surface area contributed by atoms with E-state index in [0.29, 0.717) is 12.2 Å². The van der Waals surface area contributed by atoms with E-state index in [0.717, 1.165) is 29.2 Å². The molecule has 0 aliphatic rings. The van der Waals surface area contributed by atoms with Crippen molar-refractivity contribution in [1.29, 1.82) is 0 Å². The third-order valence-corrected chi connectivity index (χ3v) is 4.28. The van der Waals surface area contributed by atoms with Crippen LogP contribution in [0.3, 0.4) is 0 Å². The lowest BCUT2D eigenvalue weighted by Crippen LogP contribution is -2.17. The molecule has 1 amide bonds. The second kappa shape index (κ2) is 9.33. The molecule has 0 atom stereocenters. The van der Waals surface area contributed by atoms with Crippen LogP contribution in [0.15, 0.2) is 53.4 Å². The van der Waals surface area contributed by atoms with Gasteiger partial charge in [-0.1, -0.05) is 25.1 Å². The first-order valence-electron chi connectivity index (χ1n) is 7.66. The van der Waals surface area contributed by atoms with Crippen LogP contribution in [0.5, 0.6) is 0 Å². The zero-order chi connectivity index (χ0) is 16.5. The largest absolute Gasteiger partial charge is 0.326 e. The quantitative estimate of drug-likeness (QED) is 0.716. The summed E-state index contributed by atoms with van der Waals surface area (Å²) in [7, 11) is 0. The fourth-order valence-corrected chi connectivity index (χ4v) is 2.91. The summed E-state index contributed by atoms with van der Waals surface area (Å²) in [6.07, 6.45) is 0.414. The molecular formula is C18H21FN2OS. The molecular weight excluding hydrogens is 311 g/mol. The van der Waals surface area contributed by atoms with Crippen molar-refractivity contribution in [1.82, 2.24) is 5.32 Å². The fourth-order valence-electron chi connectivity index (χ4n) is 2.06. The number of amides is 1. The van der Waals surface area contributed by atoms with E-state index in [2.05, 4.69) is 10.6 Å². The molecule has 0 aliphatic carbocycles. The van der Waals surface area contributed by atoms with E-state index in [1.54, 1.807) is 23.9 Å². The molecule has 0 saturated heterocycles. The summed E-state index contributed by atoms with van der Waals surface area (Å²) in [5, 5.41) is 6.22. The number of thioether (sulfide) groups is 1. The van der Waals surface area contributed by atoms with Gasteiger partial charge in [0.15, 0.2) is 0 Å². The van der Waals surface area contributed by atoms with Gasteiger partial charge in [0.05, 0.1) is 0 Å². The van der Waals surface area contributed by atoms with Gasteiger partial charge < -0.3 is 10.6 Å². The summed E-state index contributed by atoms with van der Waals surface area (Å²) >= 11 is 1.55. The summed E-state index contributed by atoms with van der Waals surface area (Å²) in [6.45, 7) is 3.67. The molecule has 0 heterocycles. The minimum Gasteiger partial charge on any atom is -0.326 e. The number of hydrogen-bond acceptors (Lipinski definition) is 3. The molecule has 0 aliphatic heterocycles. The number of hydrogen-bond donors (Lipinski definition) is 2. The van der Waals surface area contributed by atoms with Gasteiger partial charge in [0.25, 0.3) is 0 Å². The third kappa shape index (κ3) is 6.04.